The van der Waals surface area contributed by atoms with Gasteiger partial charge in [0.05, 0.1) is 17.4 Å². The Morgan fingerprint density at radius 2 is 1.96 bits per heavy atom. The van der Waals surface area contributed by atoms with E-state index < -0.39 is 0 Å². The molecule has 1 saturated carbocycles. The molecule has 2 aromatic carbocycles. The number of fused-ring (bicyclic) bond motifs is 1. The van der Waals surface area contributed by atoms with Gasteiger partial charge in [-0.25, -0.2) is 10.2 Å². The van der Waals surface area contributed by atoms with Crippen LogP contribution >= 0.6 is 0 Å². The number of hydrogen-bond acceptors (Lipinski definition) is 4. The SMILES string of the molecule is O=C(NN[C@@H]1CCCC/C1=N/O)Nc1cccc2ccccc12. The number of hydrogen-bond donors (Lipinski definition) is 4. The molecule has 0 spiro atoms. The summed E-state index contributed by atoms with van der Waals surface area (Å²) in [5, 5.41) is 17.2. The second-order valence-corrected chi connectivity index (χ2v) is 5.64. The van der Waals surface area contributed by atoms with E-state index in [0.29, 0.717) is 5.71 Å². The van der Waals surface area contributed by atoms with Gasteiger partial charge in [-0.05, 0) is 30.7 Å². The molecule has 0 aromatic heterocycles. The van der Waals surface area contributed by atoms with Crippen molar-refractivity contribution in [3.05, 3.63) is 42.5 Å². The fourth-order valence-corrected chi connectivity index (χ4v) is 2.91. The highest BCUT2D eigenvalue weighted by Crippen LogP contribution is 2.22. The van der Waals surface area contributed by atoms with Crippen LogP contribution in [0.2, 0.25) is 0 Å². The van der Waals surface area contributed by atoms with Gasteiger partial charge in [0, 0.05) is 5.39 Å². The lowest BCUT2D eigenvalue weighted by molar-refractivity contribution is 0.245. The molecule has 0 bridgehead atoms. The molecule has 120 valence electrons. The van der Waals surface area contributed by atoms with Crippen molar-refractivity contribution in [3.8, 4) is 0 Å². The molecular weight excluding hydrogens is 292 g/mol. The van der Waals surface area contributed by atoms with Crippen LogP contribution in [0, 0.1) is 0 Å². The highest BCUT2D eigenvalue weighted by atomic mass is 16.4. The van der Waals surface area contributed by atoms with Gasteiger partial charge < -0.3 is 10.5 Å². The van der Waals surface area contributed by atoms with E-state index in [1.54, 1.807) is 0 Å². The Morgan fingerprint density at radius 1 is 1.13 bits per heavy atom. The van der Waals surface area contributed by atoms with Crippen LogP contribution in [-0.2, 0) is 0 Å². The molecular formula is C17H20N4O2. The maximum absolute atomic E-state index is 12.1. The molecule has 6 nitrogen and oxygen atoms in total. The fraction of sp³-hybridized carbons (Fsp3) is 0.294. The molecule has 1 fully saturated rings. The second kappa shape index (κ2) is 7.11. The summed E-state index contributed by atoms with van der Waals surface area (Å²) in [5.41, 5.74) is 7.01. The number of oxime groups is 1. The molecule has 2 aromatic rings. The zero-order valence-corrected chi connectivity index (χ0v) is 12.7. The van der Waals surface area contributed by atoms with Gasteiger partial charge >= 0.3 is 6.03 Å². The molecule has 0 aliphatic heterocycles. The van der Waals surface area contributed by atoms with Gasteiger partial charge in [0.2, 0.25) is 0 Å². The van der Waals surface area contributed by atoms with Crippen LogP contribution in [0.25, 0.3) is 10.8 Å². The second-order valence-electron chi connectivity index (χ2n) is 5.64. The maximum Gasteiger partial charge on any atom is 0.333 e. The Kier molecular flexibility index (Phi) is 4.73. The van der Waals surface area contributed by atoms with Crippen molar-refractivity contribution < 1.29 is 10.0 Å². The minimum absolute atomic E-state index is 0.119. The number of nitrogens with one attached hydrogen (secondary N) is 3. The predicted molar refractivity (Wildman–Crippen MR) is 90.7 cm³/mol. The summed E-state index contributed by atoms with van der Waals surface area (Å²) >= 11 is 0. The van der Waals surface area contributed by atoms with Crippen molar-refractivity contribution in [2.45, 2.75) is 31.7 Å². The molecule has 0 heterocycles. The van der Waals surface area contributed by atoms with Gasteiger partial charge in [-0.15, -0.1) is 0 Å². The van der Waals surface area contributed by atoms with Crippen LogP contribution in [0.4, 0.5) is 10.5 Å². The molecule has 1 atom stereocenters. The number of amides is 2. The Hall–Kier alpha value is -2.60. The van der Waals surface area contributed by atoms with Gasteiger partial charge in [0.25, 0.3) is 0 Å². The topological polar surface area (TPSA) is 85.8 Å². The normalized spacial score (nSPS) is 19.7. The number of carbonyl (C=O) groups excluding carboxylic acids is 1. The van der Waals surface area contributed by atoms with Crippen molar-refractivity contribution in [2.75, 3.05) is 5.32 Å². The lowest BCUT2D eigenvalue weighted by Gasteiger charge is -2.24. The minimum Gasteiger partial charge on any atom is -0.411 e. The number of rotatable bonds is 3. The largest absolute Gasteiger partial charge is 0.411 e. The van der Waals surface area contributed by atoms with Crippen LogP contribution in [-0.4, -0.2) is 23.0 Å². The number of carbonyl (C=O) groups is 1. The average Bonchev–Trinajstić information content (AvgIpc) is 2.60. The molecule has 23 heavy (non-hydrogen) atoms. The summed E-state index contributed by atoms with van der Waals surface area (Å²) < 4.78 is 0. The fourth-order valence-electron chi connectivity index (χ4n) is 2.91. The van der Waals surface area contributed by atoms with Gasteiger partial charge in [0.15, 0.2) is 0 Å². The quantitative estimate of drug-likeness (QED) is 0.518. The maximum atomic E-state index is 12.1. The summed E-state index contributed by atoms with van der Waals surface area (Å²) in [6.07, 6.45) is 3.65. The first-order valence-corrected chi connectivity index (χ1v) is 7.79. The van der Waals surface area contributed by atoms with Crippen LogP contribution in [0.15, 0.2) is 47.6 Å². The number of anilines is 1. The molecule has 0 unspecified atom stereocenters. The van der Waals surface area contributed by atoms with Gasteiger partial charge in [-0.1, -0.05) is 48.0 Å². The third-order valence-corrected chi connectivity index (χ3v) is 4.10. The Balaban J connectivity index is 1.63. The smallest absolute Gasteiger partial charge is 0.333 e. The Bertz CT molecular complexity index is 724. The molecule has 6 heteroatoms. The number of benzene rings is 2. The summed E-state index contributed by atoms with van der Waals surface area (Å²) in [6, 6.07) is 13.2. The lowest BCUT2D eigenvalue weighted by Crippen LogP contribution is -2.50. The first-order valence-electron chi connectivity index (χ1n) is 7.79. The van der Waals surface area contributed by atoms with Crippen LogP contribution < -0.4 is 16.2 Å². The highest BCUT2D eigenvalue weighted by molar-refractivity contribution is 6.01. The first kappa shape index (κ1) is 15.3. The standard InChI is InChI=1S/C17H20N4O2/c22-17(20-19-15-9-3-4-10-16(15)21-23)18-14-11-5-7-12-6-1-2-8-13(12)14/h1-2,5-8,11,15,19,23H,3-4,9-10H2,(H2,18,20,22)/b21-16-/t15-/m1/s1. The molecule has 1 aliphatic carbocycles. The summed E-state index contributed by atoms with van der Waals surface area (Å²) in [4.78, 5) is 12.1. The van der Waals surface area contributed by atoms with Gasteiger partial charge in [-0.3, -0.25) is 5.43 Å². The predicted octanol–water partition coefficient (Wildman–Crippen LogP) is 3.24. The number of nitrogens with zero attached hydrogens (tertiary/aromatic N) is 1. The number of hydrazine groups is 1. The average molecular weight is 312 g/mol. The number of urea groups is 1. The zero-order chi connectivity index (χ0) is 16.1. The van der Waals surface area contributed by atoms with Crippen molar-refractivity contribution >= 4 is 28.2 Å². The summed E-state index contributed by atoms with van der Waals surface area (Å²) in [7, 11) is 0. The van der Waals surface area contributed by atoms with E-state index >= 15 is 0 Å². The molecule has 1 aliphatic rings. The van der Waals surface area contributed by atoms with E-state index in [0.717, 1.165) is 42.1 Å². The first-order chi connectivity index (χ1) is 11.3. The Labute approximate surface area is 134 Å². The zero-order valence-electron chi connectivity index (χ0n) is 12.7. The molecule has 0 saturated heterocycles. The van der Waals surface area contributed by atoms with E-state index in [9.17, 15) is 4.79 Å². The molecule has 3 rings (SSSR count). The third-order valence-electron chi connectivity index (χ3n) is 4.10. The third kappa shape index (κ3) is 3.60. The van der Waals surface area contributed by atoms with E-state index in [2.05, 4.69) is 21.3 Å². The van der Waals surface area contributed by atoms with Gasteiger partial charge in [-0.2, -0.15) is 0 Å². The minimum atomic E-state index is -0.343. The van der Waals surface area contributed by atoms with E-state index in [1.807, 2.05) is 42.5 Å². The Morgan fingerprint density at radius 3 is 2.83 bits per heavy atom. The summed E-state index contributed by atoms with van der Waals surface area (Å²) in [5.74, 6) is 0. The summed E-state index contributed by atoms with van der Waals surface area (Å²) in [6.45, 7) is 0. The van der Waals surface area contributed by atoms with Crippen molar-refractivity contribution in [3.63, 3.8) is 0 Å². The van der Waals surface area contributed by atoms with Crippen molar-refractivity contribution in [2.24, 2.45) is 5.16 Å². The van der Waals surface area contributed by atoms with Gasteiger partial charge in [0.1, 0.15) is 0 Å². The van der Waals surface area contributed by atoms with Crippen LogP contribution in [0.3, 0.4) is 0 Å². The van der Waals surface area contributed by atoms with E-state index in [4.69, 9.17) is 5.21 Å². The lowest BCUT2D eigenvalue weighted by atomic mass is 9.94. The molecule has 4 N–H and O–H groups in total. The molecule has 0 radical (unpaired) electrons. The monoisotopic (exact) mass is 312 g/mol. The highest BCUT2D eigenvalue weighted by Gasteiger charge is 2.21. The van der Waals surface area contributed by atoms with Crippen molar-refractivity contribution in [1.29, 1.82) is 0 Å². The van der Waals surface area contributed by atoms with E-state index in [1.165, 1.54) is 0 Å². The van der Waals surface area contributed by atoms with Crippen LogP contribution in [0.1, 0.15) is 25.7 Å². The molecule has 2 amide bonds. The van der Waals surface area contributed by atoms with Crippen molar-refractivity contribution in [1.82, 2.24) is 10.9 Å². The van der Waals surface area contributed by atoms with Crippen LogP contribution in [0.5, 0.6) is 0 Å². The van der Waals surface area contributed by atoms with E-state index in [-0.39, 0.29) is 12.1 Å².